The second-order valence-electron chi connectivity index (χ2n) is 6.66. The Bertz CT molecular complexity index is 577. The Balaban J connectivity index is 1.54. The number of hydrogen-bond donors (Lipinski definition) is 2. The first kappa shape index (κ1) is 15.3. The summed E-state index contributed by atoms with van der Waals surface area (Å²) in [4.78, 5) is 4.06. The molecule has 2 N–H and O–H groups in total. The summed E-state index contributed by atoms with van der Waals surface area (Å²) >= 11 is 0. The van der Waals surface area contributed by atoms with Crippen LogP contribution in [-0.4, -0.2) is 26.8 Å². The molecule has 3 unspecified atom stereocenters. The number of imidazole rings is 1. The summed E-state index contributed by atoms with van der Waals surface area (Å²) in [7, 11) is 0. The molecule has 1 fully saturated rings. The van der Waals surface area contributed by atoms with Crippen LogP contribution in [0.15, 0.2) is 43.0 Å². The van der Waals surface area contributed by atoms with Crippen molar-refractivity contribution in [2.75, 3.05) is 0 Å². The molecule has 0 spiro atoms. The molecule has 0 saturated heterocycles. The average molecular weight is 299 g/mol. The highest BCUT2D eigenvalue weighted by Crippen LogP contribution is 2.32. The molecule has 1 aromatic heterocycles. The molecular weight excluding hydrogens is 274 g/mol. The first-order valence-corrected chi connectivity index (χ1v) is 8.12. The summed E-state index contributed by atoms with van der Waals surface area (Å²) in [6.07, 6.45) is 7.33. The molecule has 1 aliphatic rings. The van der Waals surface area contributed by atoms with Crippen LogP contribution in [0.5, 0.6) is 0 Å². The van der Waals surface area contributed by atoms with Crippen molar-refractivity contribution in [1.29, 1.82) is 0 Å². The largest absolute Gasteiger partial charge is 0.393 e. The fraction of sp³-hybridized carbons (Fsp3) is 0.500. The van der Waals surface area contributed by atoms with Gasteiger partial charge < -0.3 is 15.0 Å². The van der Waals surface area contributed by atoms with Crippen LogP contribution in [-0.2, 0) is 6.54 Å². The summed E-state index contributed by atoms with van der Waals surface area (Å²) in [5.74, 6) is 0.984. The number of rotatable bonds is 5. The number of hydrogen-bond acceptors (Lipinski definition) is 3. The van der Waals surface area contributed by atoms with Crippen molar-refractivity contribution in [3.63, 3.8) is 0 Å². The number of benzene rings is 1. The highest BCUT2D eigenvalue weighted by molar-refractivity contribution is 5.34. The van der Waals surface area contributed by atoms with Crippen LogP contribution in [0.2, 0.25) is 0 Å². The zero-order chi connectivity index (χ0) is 15.5. The summed E-state index contributed by atoms with van der Waals surface area (Å²) < 4.78 is 2.00. The molecular formula is C18H25N3O. The SMILES string of the molecule is CC(C)C1CC(NCc2ccc(-n3ccnc3)cc2)CC1O. The number of nitrogens with zero attached hydrogens (tertiary/aromatic N) is 2. The fourth-order valence-corrected chi connectivity index (χ4v) is 3.39. The number of nitrogens with one attached hydrogen (secondary N) is 1. The van der Waals surface area contributed by atoms with E-state index in [2.05, 4.69) is 48.4 Å². The lowest BCUT2D eigenvalue weighted by Gasteiger charge is -2.18. The summed E-state index contributed by atoms with van der Waals surface area (Å²) in [5, 5.41) is 13.7. The Morgan fingerprint density at radius 1 is 1.27 bits per heavy atom. The molecule has 1 saturated carbocycles. The van der Waals surface area contributed by atoms with Gasteiger partial charge in [-0.2, -0.15) is 0 Å². The van der Waals surface area contributed by atoms with Crippen molar-refractivity contribution in [2.24, 2.45) is 11.8 Å². The van der Waals surface area contributed by atoms with E-state index in [0.29, 0.717) is 17.9 Å². The molecule has 22 heavy (non-hydrogen) atoms. The highest BCUT2D eigenvalue weighted by atomic mass is 16.3. The maximum atomic E-state index is 10.1. The molecule has 1 aliphatic carbocycles. The Kier molecular flexibility index (Phi) is 4.60. The van der Waals surface area contributed by atoms with E-state index in [1.54, 1.807) is 12.5 Å². The second kappa shape index (κ2) is 6.63. The lowest BCUT2D eigenvalue weighted by molar-refractivity contribution is 0.107. The molecule has 0 radical (unpaired) electrons. The third-order valence-electron chi connectivity index (χ3n) is 4.77. The van der Waals surface area contributed by atoms with E-state index >= 15 is 0 Å². The summed E-state index contributed by atoms with van der Waals surface area (Å²) in [6, 6.07) is 8.94. The molecule has 0 bridgehead atoms. The van der Waals surface area contributed by atoms with Gasteiger partial charge in [0.05, 0.1) is 12.4 Å². The maximum Gasteiger partial charge on any atom is 0.0991 e. The molecule has 3 rings (SSSR count). The quantitative estimate of drug-likeness (QED) is 0.892. The maximum absolute atomic E-state index is 10.1. The van der Waals surface area contributed by atoms with E-state index in [1.807, 2.05) is 10.8 Å². The van der Waals surface area contributed by atoms with Crippen LogP contribution < -0.4 is 5.32 Å². The van der Waals surface area contributed by atoms with Gasteiger partial charge in [0.15, 0.2) is 0 Å². The van der Waals surface area contributed by atoms with Gasteiger partial charge in [-0.1, -0.05) is 26.0 Å². The molecule has 4 nitrogen and oxygen atoms in total. The van der Waals surface area contributed by atoms with Crippen molar-refractivity contribution in [2.45, 2.75) is 45.4 Å². The number of aromatic nitrogens is 2. The van der Waals surface area contributed by atoms with Crippen LogP contribution in [0.4, 0.5) is 0 Å². The molecule has 1 heterocycles. The molecule has 0 amide bonds. The summed E-state index contributed by atoms with van der Waals surface area (Å²) in [6.45, 7) is 5.25. The standard InChI is InChI=1S/C18H25N3O/c1-13(2)17-9-15(10-18(17)22)20-11-14-3-5-16(6-4-14)21-8-7-19-12-21/h3-8,12-13,15,17-18,20,22H,9-11H2,1-2H3. The zero-order valence-electron chi connectivity index (χ0n) is 13.3. The topological polar surface area (TPSA) is 50.1 Å². The van der Waals surface area contributed by atoms with E-state index in [-0.39, 0.29) is 6.10 Å². The normalized spacial score (nSPS) is 25.0. The van der Waals surface area contributed by atoms with Crippen molar-refractivity contribution < 1.29 is 5.11 Å². The smallest absolute Gasteiger partial charge is 0.0991 e. The fourth-order valence-electron chi connectivity index (χ4n) is 3.39. The highest BCUT2D eigenvalue weighted by Gasteiger charge is 2.34. The lowest BCUT2D eigenvalue weighted by atomic mass is 9.92. The Morgan fingerprint density at radius 2 is 2.05 bits per heavy atom. The van der Waals surface area contributed by atoms with Crippen molar-refractivity contribution in [3.05, 3.63) is 48.5 Å². The van der Waals surface area contributed by atoms with Crippen molar-refractivity contribution >= 4 is 0 Å². The van der Waals surface area contributed by atoms with Gasteiger partial charge in [0.2, 0.25) is 0 Å². The molecule has 4 heteroatoms. The van der Waals surface area contributed by atoms with Gasteiger partial charge in [-0.3, -0.25) is 0 Å². The minimum Gasteiger partial charge on any atom is -0.393 e. The zero-order valence-corrected chi connectivity index (χ0v) is 13.3. The molecule has 3 atom stereocenters. The second-order valence-corrected chi connectivity index (χ2v) is 6.66. The average Bonchev–Trinajstić information content (AvgIpc) is 3.15. The van der Waals surface area contributed by atoms with E-state index in [4.69, 9.17) is 0 Å². The van der Waals surface area contributed by atoms with Gasteiger partial charge in [-0.15, -0.1) is 0 Å². The van der Waals surface area contributed by atoms with Crippen LogP contribution in [0.3, 0.4) is 0 Å². The third-order valence-corrected chi connectivity index (χ3v) is 4.77. The first-order valence-electron chi connectivity index (χ1n) is 8.12. The van der Waals surface area contributed by atoms with Crippen molar-refractivity contribution in [3.8, 4) is 5.69 Å². The van der Waals surface area contributed by atoms with Gasteiger partial charge in [0.1, 0.15) is 0 Å². The molecule has 118 valence electrons. The number of aliphatic hydroxyl groups is 1. The van der Waals surface area contributed by atoms with Gasteiger partial charge in [-0.05, 0) is 42.4 Å². The van der Waals surface area contributed by atoms with Crippen LogP contribution in [0, 0.1) is 11.8 Å². The monoisotopic (exact) mass is 299 g/mol. The molecule has 1 aromatic carbocycles. The van der Waals surface area contributed by atoms with Crippen LogP contribution >= 0.6 is 0 Å². The minimum absolute atomic E-state index is 0.152. The van der Waals surface area contributed by atoms with Gasteiger partial charge in [0.25, 0.3) is 0 Å². The first-order chi connectivity index (χ1) is 10.6. The predicted molar refractivity (Wildman–Crippen MR) is 87.8 cm³/mol. The van der Waals surface area contributed by atoms with Crippen molar-refractivity contribution in [1.82, 2.24) is 14.9 Å². The van der Waals surface area contributed by atoms with Gasteiger partial charge in [-0.25, -0.2) is 4.98 Å². The Morgan fingerprint density at radius 3 is 2.64 bits per heavy atom. The Hall–Kier alpha value is -1.65. The van der Waals surface area contributed by atoms with E-state index in [1.165, 1.54) is 5.56 Å². The molecule has 0 aliphatic heterocycles. The predicted octanol–water partition coefficient (Wildman–Crippen LogP) is 2.76. The van der Waals surface area contributed by atoms with Gasteiger partial charge >= 0.3 is 0 Å². The minimum atomic E-state index is -0.152. The Labute approximate surface area is 132 Å². The third kappa shape index (κ3) is 3.39. The van der Waals surface area contributed by atoms with E-state index < -0.39 is 0 Å². The number of aliphatic hydroxyl groups excluding tert-OH is 1. The van der Waals surface area contributed by atoms with Crippen LogP contribution in [0.25, 0.3) is 5.69 Å². The molecule has 2 aromatic rings. The van der Waals surface area contributed by atoms with E-state index in [0.717, 1.165) is 25.1 Å². The van der Waals surface area contributed by atoms with Gasteiger partial charge in [0, 0.05) is 30.7 Å². The van der Waals surface area contributed by atoms with Crippen LogP contribution in [0.1, 0.15) is 32.3 Å². The van der Waals surface area contributed by atoms with E-state index in [9.17, 15) is 5.11 Å². The summed E-state index contributed by atoms with van der Waals surface area (Å²) in [5.41, 5.74) is 2.39. The lowest BCUT2D eigenvalue weighted by Crippen LogP contribution is -2.26.